The van der Waals surface area contributed by atoms with Crippen molar-refractivity contribution in [3.63, 3.8) is 0 Å². The second-order valence-electron chi connectivity index (χ2n) is 5.86. The van der Waals surface area contributed by atoms with Gasteiger partial charge in [0.15, 0.2) is 0 Å². The molecule has 1 heterocycles. The molecule has 4 aromatic rings. The summed E-state index contributed by atoms with van der Waals surface area (Å²) >= 11 is 5.89. The Hall–Kier alpha value is -2.85. The van der Waals surface area contributed by atoms with E-state index in [0.29, 0.717) is 29.6 Å². The summed E-state index contributed by atoms with van der Waals surface area (Å²) in [7, 11) is 0. The fraction of sp³-hybridized carbons (Fsp3) is 0.0952. The summed E-state index contributed by atoms with van der Waals surface area (Å²) in [6.07, 6.45) is 0. The third-order valence-corrected chi connectivity index (χ3v) is 4.42. The van der Waals surface area contributed by atoms with Gasteiger partial charge >= 0.3 is 0 Å². The van der Waals surface area contributed by atoms with E-state index in [1.54, 1.807) is 24.3 Å². The Kier molecular flexibility index (Phi) is 4.59. The Balaban J connectivity index is 1.65. The highest BCUT2D eigenvalue weighted by Gasteiger charge is 2.15. The summed E-state index contributed by atoms with van der Waals surface area (Å²) in [5.41, 5.74) is 2.26. The molecule has 0 saturated carbocycles. The smallest absolute Gasteiger partial charge is 0.144 e. The third-order valence-electron chi connectivity index (χ3n) is 4.17. The van der Waals surface area contributed by atoms with Crippen LogP contribution < -0.4 is 4.74 Å². The van der Waals surface area contributed by atoms with Crippen molar-refractivity contribution in [1.82, 2.24) is 9.55 Å². The molecule has 26 heavy (non-hydrogen) atoms. The van der Waals surface area contributed by atoms with Crippen molar-refractivity contribution < 1.29 is 9.13 Å². The van der Waals surface area contributed by atoms with Crippen LogP contribution in [0, 0.1) is 5.82 Å². The molecule has 3 aromatic carbocycles. The second kappa shape index (κ2) is 7.18. The van der Waals surface area contributed by atoms with Crippen LogP contribution in [0.1, 0.15) is 0 Å². The minimum absolute atomic E-state index is 0.289. The quantitative estimate of drug-likeness (QED) is 0.461. The van der Waals surface area contributed by atoms with Crippen molar-refractivity contribution in [2.75, 3.05) is 6.61 Å². The number of halogens is 2. The SMILES string of the molecule is Fc1ccccc1-c1nc2ccccc2n1CCOc1ccc(Cl)cc1. The number of imidazole rings is 1. The Bertz CT molecular complexity index is 1040. The van der Waals surface area contributed by atoms with Crippen LogP contribution in [0.4, 0.5) is 4.39 Å². The van der Waals surface area contributed by atoms with Crippen LogP contribution in [0.15, 0.2) is 72.8 Å². The van der Waals surface area contributed by atoms with E-state index in [0.717, 1.165) is 16.8 Å². The van der Waals surface area contributed by atoms with Gasteiger partial charge in [-0.2, -0.15) is 0 Å². The van der Waals surface area contributed by atoms with Crippen molar-refractivity contribution in [2.24, 2.45) is 0 Å². The lowest BCUT2D eigenvalue weighted by molar-refractivity contribution is 0.301. The van der Waals surface area contributed by atoms with Crippen LogP contribution in [0.3, 0.4) is 0 Å². The summed E-state index contributed by atoms with van der Waals surface area (Å²) in [6.45, 7) is 0.982. The maximum absolute atomic E-state index is 14.3. The summed E-state index contributed by atoms with van der Waals surface area (Å²) in [5, 5.41) is 0.666. The Morgan fingerprint density at radius 2 is 1.65 bits per heavy atom. The summed E-state index contributed by atoms with van der Waals surface area (Å²) in [5.74, 6) is 1.05. The number of para-hydroxylation sites is 2. The van der Waals surface area contributed by atoms with Crippen molar-refractivity contribution >= 4 is 22.6 Å². The molecule has 3 nitrogen and oxygen atoms in total. The molecule has 0 amide bonds. The molecule has 0 bridgehead atoms. The van der Waals surface area contributed by atoms with Crippen molar-refractivity contribution in [1.29, 1.82) is 0 Å². The standard InChI is InChI=1S/C21H16ClFN2O/c22-15-9-11-16(12-10-15)26-14-13-25-20-8-4-3-7-19(20)24-21(25)17-5-1-2-6-18(17)23/h1-12H,13-14H2. The topological polar surface area (TPSA) is 27.1 Å². The highest BCUT2D eigenvalue weighted by Crippen LogP contribution is 2.27. The van der Waals surface area contributed by atoms with Gasteiger partial charge in [-0.15, -0.1) is 0 Å². The number of rotatable bonds is 5. The van der Waals surface area contributed by atoms with E-state index in [4.69, 9.17) is 16.3 Å². The lowest BCUT2D eigenvalue weighted by atomic mass is 10.2. The Morgan fingerprint density at radius 1 is 0.923 bits per heavy atom. The largest absolute Gasteiger partial charge is 0.492 e. The molecule has 1 aromatic heterocycles. The van der Waals surface area contributed by atoms with Crippen molar-refractivity contribution in [3.8, 4) is 17.1 Å². The van der Waals surface area contributed by atoms with Gasteiger partial charge in [0.05, 0.1) is 23.1 Å². The van der Waals surface area contributed by atoms with E-state index in [1.807, 2.05) is 47.0 Å². The molecule has 0 N–H and O–H groups in total. The summed E-state index contributed by atoms with van der Waals surface area (Å²) in [4.78, 5) is 4.63. The highest BCUT2D eigenvalue weighted by atomic mass is 35.5. The number of nitrogens with zero attached hydrogens (tertiary/aromatic N) is 2. The number of fused-ring (bicyclic) bond motifs is 1. The van der Waals surface area contributed by atoms with Crippen LogP contribution in [-0.2, 0) is 6.54 Å². The predicted octanol–water partition coefficient (Wildman–Crippen LogP) is 5.57. The fourth-order valence-corrected chi connectivity index (χ4v) is 3.06. The van der Waals surface area contributed by atoms with E-state index in [9.17, 15) is 4.39 Å². The van der Waals surface area contributed by atoms with Crippen LogP contribution in [0.5, 0.6) is 5.75 Å². The van der Waals surface area contributed by atoms with Crippen molar-refractivity contribution in [3.05, 3.63) is 83.6 Å². The van der Waals surface area contributed by atoms with E-state index >= 15 is 0 Å². The van der Waals surface area contributed by atoms with Crippen LogP contribution >= 0.6 is 11.6 Å². The zero-order valence-corrected chi connectivity index (χ0v) is 14.7. The molecule has 0 aliphatic rings. The first-order chi connectivity index (χ1) is 12.7. The molecule has 0 fully saturated rings. The van der Waals surface area contributed by atoms with Gasteiger partial charge in [-0.25, -0.2) is 9.37 Å². The van der Waals surface area contributed by atoms with Gasteiger partial charge in [0, 0.05) is 5.02 Å². The van der Waals surface area contributed by atoms with Crippen LogP contribution in [0.2, 0.25) is 5.02 Å². The summed E-state index contributed by atoms with van der Waals surface area (Å²) in [6, 6.07) is 21.7. The zero-order chi connectivity index (χ0) is 17.9. The summed E-state index contributed by atoms with van der Waals surface area (Å²) < 4.78 is 22.1. The highest BCUT2D eigenvalue weighted by molar-refractivity contribution is 6.30. The number of hydrogen-bond acceptors (Lipinski definition) is 2. The average Bonchev–Trinajstić information content (AvgIpc) is 3.02. The molecular formula is C21H16ClFN2O. The molecule has 5 heteroatoms. The van der Waals surface area contributed by atoms with Crippen molar-refractivity contribution in [2.45, 2.75) is 6.54 Å². The molecule has 0 atom stereocenters. The molecule has 0 aliphatic carbocycles. The van der Waals surface area contributed by atoms with Gasteiger partial charge in [0.2, 0.25) is 0 Å². The molecule has 130 valence electrons. The van der Waals surface area contributed by atoms with E-state index < -0.39 is 0 Å². The van der Waals surface area contributed by atoms with Gasteiger partial charge in [-0.05, 0) is 48.5 Å². The predicted molar refractivity (Wildman–Crippen MR) is 102 cm³/mol. The number of aromatic nitrogens is 2. The van der Waals surface area contributed by atoms with Crippen LogP contribution in [-0.4, -0.2) is 16.2 Å². The molecule has 0 radical (unpaired) electrons. The second-order valence-corrected chi connectivity index (χ2v) is 6.29. The molecule has 0 aliphatic heterocycles. The monoisotopic (exact) mass is 366 g/mol. The van der Waals surface area contributed by atoms with E-state index in [2.05, 4.69) is 4.98 Å². The first kappa shape index (κ1) is 16.6. The maximum atomic E-state index is 14.3. The number of hydrogen-bond donors (Lipinski definition) is 0. The number of ether oxygens (including phenoxy) is 1. The molecule has 0 unspecified atom stereocenters. The minimum atomic E-state index is -0.289. The first-order valence-corrected chi connectivity index (χ1v) is 8.69. The van der Waals surface area contributed by atoms with Gasteiger partial charge in [-0.3, -0.25) is 0 Å². The van der Waals surface area contributed by atoms with Gasteiger partial charge < -0.3 is 9.30 Å². The first-order valence-electron chi connectivity index (χ1n) is 8.31. The average molecular weight is 367 g/mol. The van der Waals surface area contributed by atoms with E-state index in [-0.39, 0.29) is 5.82 Å². The molecular weight excluding hydrogens is 351 g/mol. The minimum Gasteiger partial charge on any atom is -0.492 e. The molecule has 0 saturated heterocycles. The number of benzene rings is 3. The van der Waals surface area contributed by atoms with E-state index in [1.165, 1.54) is 6.07 Å². The Labute approximate surface area is 155 Å². The fourth-order valence-electron chi connectivity index (χ4n) is 2.94. The molecule has 0 spiro atoms. The van der Waals surface area contributed by atoms with Gasteiger partial charge in [0.1, 0.15) is 24.0 Å². The zero-order valence-electron chi connectivity index (χ0n) is 13.9. The third kappa shape index (κ3) is 3.28. The molecule has 4 rings (SSSR count). The maximum Gasteiger partial charge on any atom is 0.144 e. The van der Waals surface area contributed by atoms with Crippen LogP contribution in [0.25, 0.3) is 22.4 Å². The van der Waals surface area contributed by atoms with Gasteiger partial charge in [0.25, 0.3) is 0 Å². The lowest BCUT2D eigenvalue weighted by Gasteiger charge is -2.11. The lowest BCUT2D eigenvalue weighted by Crippen LogP contribution is -2.10. The Morgan fingerprint density at radius 3 is 2.46 bits per heavy atom. The normalized spacial score (nSPS) is 11.0. The van der Waals surface area contributed by atoms with Gasteiger partial charge in [-0.1, -0.05) is 35.9 Å².